The van der Waals surface area contributed by atoms with Gasteiger partial charge in [-0.15, -0.1) is 0 Å². The number of carbonyl (C=O) groups excluding carboxylic acids is 2. The summed E-state index contributed by atoms with van der Waals surface area (Å²) < 4.78 is 13.4. The third-order valence-corrected chi connectivity index (χ3v) is 4.88. The van der Waals surface area contributed by atoms with Crippen LogP contribution in [0.1, 0.15) is 40.1 Å². The first-order valence-corrected chi connectivity index (χ1v) is 9.10. The highest BCUT2D eigenvalue weighted by Gasteiger charge is 2.21. The molecule has 0 unspecified atom stereocenters. The molecule has 6 heteroatoms. The Balaban J connectivity index is 1.58. The van der Waals surface area contributed by atoms with Crippen molar-refractivity contribution in [3.63, 3.8) is 0 Å². The number of nitrogens with one attached hydrogen (secondary N) is 2. The molecule has 1 aliphatic rings. The van der Waals surface area contributed by atoms with Gasteiger partial charge in [0.15, 0.2) is 0 Å². The molecule has 2 N–H and O–H groups in total. The van der Waals surface area contributed by atoms with Crippen molar-refractivity contribution in [2.45, 2.75) is 19.3 Å². The fourth-order valence-electron chi connectivity index (χ4n) is 3.46. The predicted molar refractivity (Wildman–Crippen MR) is 102 cm³/mol. The van der Waals surface area contributed by atoms with Gasteiger partial charge in [0.1, 0.15) is 11.5 Å². The van der Waals surface area contributed by atoms with Crippen molar-refractivity contribution in [2.24, 2.45) is 0 Å². The molecular formula is C21H20FN3O2. The molecule has 0 saturated carbocycles. The van der Waals surface area contributed by atoms with Crippen LogP contribution in [0.4, 0.5) is 10.1 Å². The highest BCUT2D eigenvalue weighted by atomic mass is 19.1. The summed E-state index contributed by atoms with van der Waals surface area (Å²) >= 11 is 0. The molecule has 27 heavy (non-hydrogen) atoms. The Morgan fingerprint density at radius 2 is 1.78 bits per heavy atom. The summed E-state index contributed by atoms with van der Waals surface area (Å²) in [5.41, 5.74) is 1.95. The Morgan fingerprint density at radius 3 is 2.59 bits per heavy atom. The van der Waals surface area contributed by atoms with E-state index in [1.165, 1.54) is 12.1 Å². The Labute approximate surface area is 156 Å². The summed E-state index contributed by atoms with van der Waals surface area (Å²) in [7, 11) is 0. The second-order valence-electron chi connectivity index (χ2n) is 6.77. The van der Waals surface area contributed by atoms with E-state index >= 15 is 0 Å². The molecule has 0 bridgehead atoms. The fraction of sp³-hybridized carbons (Fsp3) is 0.238. The lowest BCUT2D eigenvalue weighted by Gasteiger charge is -2.27. The van der Waals surface area contributed by atoms with Gasteiger partial charge >= 0.3 is 0 Å². The third kappa shape index (κ3) is 3.56. The van der Waals surface area contributed by atoms with E-state index in [9.17, 15) is 14.0 Å². The summed E-state index contributed by atoms with van der Waals surface area (Å²) in [6, 6.07) is 12.9. The number of fused-ring (bicyclic) bond motifs is 1. The van der Waals surface area contributed by atoms with E-state index in [4.69, 9.17) is 0 Å². The largest absolute Gasteiger partial charge is 0.351 e. The van der Waals surface area contributed by atoms with E-state index in [2.05, 4.69) is 10.3 Å². The number of halogens is 1. The topological polar surface area (TPSA) is 65.2 Å². The number of benzene rings is 2. The molecule has 2 amide bonds. The number of carbonyl (C=O) groups is 2. The minimum atomic E-state index is -0.370. The van der Waals surface area contributed by atoms with Gasteiger partial charge in [-0.2, -0.15) is 0 Å². The van der Waals surface area contributed by atoms with Crippen LogP contribution in [0, 0.1) is 5.82 Å². The van der Waals surface area contributed by atoms with Crippen LogP contribution < -0.4 is 5.32 Å². The highest BCUT2D eigenvalue weighted by molar-refractivity contribution is 6.09. The normalized spacial score (nSPS) is 14.3. The summed E-state index contributed by atoms with van der Waals surface area (Å²) in [5.74, 6) is -0.791. The Kier molecular flexibility index (Phi) is 4.62. The average Bonchev–Trinajstić information content (AvgIpc) is 3.12. The number of amides is 2. The van der Waals surface area contributed by atoms with Crippen molar-refractivity contribution >= 4 is 28.4 Å². The van der Waals surface area contributed by atoms with Crippen LogP contribution in [-0.2, 0) is 0 Å². The van der Waals surface area contributed by atoms with Crippen molar-refractivity contribution in [3.05, 3.63) is 65.6 Å². The summed E-state index contributed by atoms with van der Waals surface area (Å²) in [4.78, 5) is 30.3. The van der Waals surface area contributed by atoms with Gasteiger partial charge < -0.3 is 15.2 Å². The number of hydrogen-bond donors (Lipinski definition) is 2. The maximum absolute atomic E-state index is 13.4. The number of anilines is 1. The van der Waals surface area contributed by atoms with E-state index in [1.807, 2.05) is 4.90 Å². The molecule has 4 rings (SSSR count). The molecule has 138 valence electrons. The monoisotopic (exact) mass is 365 g/mol. The molecule has 0 aliphatic carbocycles. The van der Waals surface area contributed by atoms with Gasteiger partial charge in [0, 0.05) is 24.0 Å². The van der Waals surface area contributed by atoms with Gasteiger partial charge in [-0.3, -0.25) is 9.59 Å². The minimum Gasteiger partial charge on any atom is -0.351 e. The molecule has 0 spiro atoms. The number of H-pyrrole nitrogens is 1. The molecular weight excluding hydrogens is 345 g/mol. The van der Waals surface area contributed by atoms with E-state index in [1.54, 1.807) is 36.4 Å². The Hall–Kier alpha value is -3.15. The van der Waals surface area contributed by atoms with Crippen LogP contribution in [0.3, 0.4) is 0 Å². The van der Waals surface area contributed by atoms with Crippen LogP contribution in [0.5, 0.6) is 0 Å². The van der Waals surface area contributed by atoms with Crippen LogP contribution in [0.25, 0.3) is 10.9 Å². The molecule has 0 radical (unpaired) electrons. The van der Waals surface area contributed by atoms with Crippen molar-refractivity contribution in [1.29, 1.82) is 0 Å². The number of aromatic amines is 1. The molecule has 1 fully saturated rings. The van der Waals surface area contributed by atoms with Crippen LogP contribution >= 0.6 is 0 Å². The average molecular weight is 365 g/mol. The minimum absolute atomic E-state index is 0.0654. The number of rotatable bonds is 3. The molecule has 1 aliphatic heterocycles. The lowest BCUT2D eigenvalue weighted by atomic mass is 10.1. The van der Waals surface area contributed by atoms with Crippen LogP contribution in [-0.4, -0.2) is 34.8 Å². The van der Waals surface area contributed by atoms with Gasteiger partial charge in [0.2, 0.25) is 0 Å². The van der Waals surface area contributed by atoms with Gasteiger partial charge in [-0.1, -0.05) is 12.1 Å². The molecule has 3 aromatic rings. The number of piperidine rings is 1. The highest BCUT2D eigenvalue weighted by Crippen LogP contribution is 2.22. The maximum Gasteiger partial charge on any atom is 0.272 e. The summed E-state index contributed by atoms with van der Waals surface area (Å²) in [6.07, 6.45) is 3.15. The van der Waals surface area contributed by atoms with Gasteiger partial charge in [-0.25, -0.2) is 4.39 Å². The lowest BCUT2D eigenvalue weighted by Crippen LogP contribution is -2.36. The Bertz CT molecular complexity index is 1010. The zero-order chi connectivity index (χ0) is 18.8. The first-order chi connectivity index (χ1) is 13.1. The van der Waals surface area contributed by atoms with Crippen molar-refractivity contribution in [2.75, 3.05) is 18.4 Å². The first-order valence-electron chi connectivity index (χ1n) is 9.10. The van der Waals surface area contributed by atoms with E-state index in [0.29, 0.717) is 27.8 Å². The molecule has 5 nitrogen and oxygen atoms in total. The second kappa shape index (κ2) is 7.23. The number of hydrogen-bond acceptors (Lipinski definition) is 2. The summed E-state index contributed by atoms with van der Waals surface area (Å²) in [5, 5.41) is 3.43. The number of likely N-dealkylation sites (tertiary alicyclic amines) is 1. The SMILES string of the molecule is O=C(Nc1ccccc1C(=O)N1CCCCC1)c1cc2cc(F)ccc2[nH]1. The maximum atomic E-state index is 13.4. The van der Waals surface area contributed by atoms with Gasteiger partial charge in [0.25, 0.3) is 11.8 Å². The predicted octanol–water partition coefficient (Wildman–Crippen LogP) is 4.19. The van der Waals surface area contributed by atoms with E-state index in [-0.39, 0.29) is 17.6 Å². The van der Waals surface area contributed by atoms with Crippen molar-refractivity contribution < 1.29 is 14.0 Å². The second-order valence-corrected chi connectivity index (χ2v) is 6.77. The van der Waals surface area contributed by atoms with Crippen molar-refractivity contribution in [1.82, 2.24) is 9.88 Å². The smallest absolute Gasteiger partial charge is 0.272 e. The van der Waals surface area contributed by atoms with Crippen LogP contribution in [0.2, 0.25) is 0 Å². The zero-order valence-electron chi connectivity index (χ0n) is 14.8. The van der Waals surface area contributed by atoms with Crippen LogP contribution in [0.15, 0.2) is 48.5 Å². The van der Waals surface area contributed by atoms with E-state index < -0.39 is 0 Å². The third-order valence-electron chi connectivity index (χ3n) is 4.88. The number of aromatic nitrogens is 1. The number of nitrogens with zero attached hydrogens (tertiary/aromatic N) is 1. The van der Waals surface area contributed by atoms with Crippen molar-refractivity contribution in [3.8, 4) is 0 Å². The molecule has 1 aromatic heterocycles. The zero-order valence-corrected chi connectivity index (χ0v) is 14.8. The molecule has 0 atom stereocenters. The lowest BCUT2D eigenvalue weighted by molar-refractivity contribution is 0.0725. The molecule has 2 aromatic carbocycles. The fourth-order valence-corrected chi connectivity index (χ4v) is 3.46. The molecule has 2 heterocycles. The number of para-hydroxylation sites is 1. The summed E-state index contributed by atoms with van der Waals surface area (Å²) in [6.45, 7) is 1.49. The van der Waals surface area contributed by atoms with E-state index in [0.717, 1.165) is 32.4 Å². The quantitative estimate of drug-likeness (QED) is 0.731. The standard InChI is InChI=1S/C21H20FN3O2/c22-15-8-9-17-14(12-15)13-19(23-17)20(26)24-18-7-3-2-6-16(18)21(27)25-10-4-1-5-11-25/h2-3,6-9,12-13,23H,1,4-5,10-11H2,(H,24,26). The van der Waals surface area contributed by atoms with Gasteiger partial charge in [-0.05, 0) is 55.7 Å². The Morgan fingerprint density at radius 1 is 1.00 bits per heavy atom. The first kappa shape index (κ1) is 17.3. The molecule has 1 saturated heterocycles. The van der Waals surface area contributed by atoms with Gasteiger partial charge in [0.05, 0.1) is 11.3 Å².